The van der Waals surface area contributed by atoms with Gasteiger partial charge in [0.15, 0.2) is 0 Å². The average molecular weight is 371 g/mol. The highest BCUT2D eigenvalue weighted by molar-refractivity contribution is 6.36. The van der Waals surface area contributed by atoms with E-state index >= 15 is 0 Å². The third-order valence-corrected chi connectivity index (χ3v) is 4.57. The average Bonchev–Trinajstić information content (AvgIpc) is 3.18. The minimum absolute atomic E-state index is 0.294. The summed E-state index contributed by atoms with van der Waals surface area (Å²) in [6.45, 7) is 6.68. The van der Waals surface area contributed by atoms with Gasteiger partial charge in [-0.25, -0.2) is 14.8 Å². The van der Waals surface area contributed by atoms with Crippen molar-refractivity contribution in [1.82, 2.24) is 19.9 Å². The van der Waals surface area contributed by atoms with Crippen molar-refractivity contribution in [2.75, 3.05) is 13.1 Å². The van der Waals surface area contributed by atoms with E-state index in [4.69, 9.17) is 16.3 Å². The van der Waals surface area contributed by atoms with E-state index in [0.29, 0.717) is 23.9 Å². The molecular weight excluding hydrogens is 352 g/mol. The first-order chi connectivity index (χ1) is 12.3. The summed E-state index contributed by atoms with van der Waals surface area (Å²) in [4.78, 5) is 25.5. The summed E-state index contributed by atoms with van der Waals surface area (Å²) in [5, 5.41) is 2.24. The lowest BCUT2D eigenvalue weighted by molar-refractivity contribution is 0.0306. The van der Waals surface area contributed by atoms with Crippen molar-refractivity contribution in [3.63, 3.8) is 0 Å². The number of fused-ring (bicyclic) bond motifs is 3. The van der Waals surface area contributed by atoms with Crippen LogP contribution in [0.1, 0.15) is 26.3 Å². The van der Waals surface area contributed by atoms with Crippen LogP contribution < -0.4 is 0 Å². The number of rotatable bonds is 1. The molecule has 0 unspecified atom stereocenters. The Hall–Kier alpha value is -2.60. The van der Waals surface area contributed by atoms with E-state index < -0.39 is 5.60 Å². The normalized spacial score (nSPS) is 14.9. The minimum Gasteiger partial charge on any atom is -0.444 e. The summed E-state index contributed by atoms with van der Waals surface area (Å²) >= 11 is 6.21. The van der Waals surface area contributed by atoms with Crippen molar-refractivity contribution in [1.29, 1.82) is 0 Å². The smallest absolute Gasteiger partial charge is 0.410 e. The lowest BCUT2D eigenvalue weighted by Crippen LogP contribution is -2.35. The number of H-pyrrole nitrogens is 1. The number of hydrogen-bond acceptors (Lipinski definition) is 4. The number of aromatic amines is 1. The van der Waals surface area contributed by atoms with Gasteiger partial charge < -0.3 is 14.6 Å². The quantitative estimate of drug-likeness (QED) is 0.644. The third-order valence-electron chi connectivity index (χ3n) is 4.28. The van der Waals surface area contributed by atoms with Crippen LogP contribution in [-0.4, -0.2) is 44.6 Å². The maximum atomic E-state index is 12.2. The van der Waals surface area contributed by atoms with Crippen LogP contribution in [0.15, 0.2) is 30.6 Å². The second-order valence-electron chi connectivity index (χ2n) is 7.36. The Balaban J connectivity index is 1.61. The Morgan fingerprint density at radius 2 is 2.12 bits per heavy atom. The molecule has 134 valence electrons. The fourth-order valence-corrected chi connectivity index (χ4v) is 3.36. The van der Waals surface area contributed by atoms with Crippen LogP contribution in [0.5, 0.6) is 0 Å². The first-order valence-electron chi connectivity index (χ1n) is 8.41. The van der Waals surface area contributed by atoms with Crippen LogP contribution in [0.25, 0.3) is 27.5 Å². The number of aromatic nitrogens is 3. The van der Waals surface area contributed by atoms with Gasteiger partial charge in [0.1, 0.15) is 22.7 Å². The zero-order chi connectivity index (χ0) is 18.5. The standard InChI is InChI=1S/C19H19ClN4O2/c1-19(2,3)26-18(25)24-7-6-12(9-24)11-4-5-13-14(8-11)23-17-15(13)16(20)21-10-22-17/h4-6,8,10H,7,9H2,1-3H3,(H,21,22,23). The van der Waals surface area contributed by atoms with Gasteiger partial charge in [-0.05, 0) is 38.0 Å². The van der Waals surface area contributed by atoms with Gasteiger partial charge in [-0.1, -0.05) is 29.8 Å². The molecule has 4 rings (SSSR count). The van der Waals surface area contributed by atoms with Crippen LogP contribution >= 0.6 is 11.6 Å². The lowest BCUT2D eigenvalue weighted by atomic mass is 10.0. The highest BCUT2D eigenvalue weighted by Gasteiger charge is 2.26. The Kier molecular flexibility index (Phi) is 3.88. The number of ether oxygens (including phenoxy) is 1. The summed E-state index contributed by atoms with van der Waals surface area (Å²) < 4.78 is 5.45. The van der Waals surface area contributed by atoms with E-state index in [2.05, 4.69) is 27.1 Å². The highest BCUT2D eigenvalue weighted by Crippen LogP contribution is 2.31. The van der Waals surface area contributed by atoms with Gasteiger partial charge in [0, 0.05) is 24.0 Å². The molecule has 1 aliphatic rings. The molecule has 7 heteroatoms. The Labute approximate surface area is 155 Å². The van der Waals surface area contributed by atoms with E-state index in [-0.39, 0.29) is 6.09 Å². The summed E-state index contributed by atoms with van der Waals surface area (Å²) in [5.74, 6) is 0. The number of halogens is 1. The monoisotopic (exact) mass is 370 g/mol. The van der Waals surface area contributed by atoms with Crippen molar-refractivity contribution in [3.8, 4) is 0 Å². The topological polar surface area (TPSA) is 71.1 Å². The number of carbonyl (C=O) groups excluding carboxylic acids is 1. The first kappa shape index (κ1) is 16.8. The number of carbonyl (C=O) groups is 1. The second-order valence-corrected chi connectivity index (χ2v) is 7.72. The SMILES string of the molecule is CC(C)(C)OC(=O)N1CC=C(c2ccc3c(c2)[nH]c2ncnc(Cl)c23)C1. The molecule has 1 N–H and O–H groups in total. The van der Waals surface area contributed by atoms with Crippen molar-refractivity contribution in [3.05, 3.63) is 41.3 Å². The van der Waals surface area contributed by atoms with E-state index in [0.717, 1.165) is 27.4 Å². The molecule has 0 saturated heterocycles. The highest BCUT2D eigenvalue weighted by atomic mass is 35.5. The van der Waals surface area contributed by atoms with Gasteiger partial charge in [0.2, 0.25) is 0 Å². The molecule has 0 aliphatic carbocycles. The van der Waals surface area contributed by atoms with Crippen molar-refractivity contribution in [2.24, 2.45) is 0 Å². The molecular formula is C19H19ClN4O2. The predicted octanol–water partition coefficient (Wildman–Crippen LogP) is 4.40. The predicted molar refractivity (Wildman–Crippen MR) is 102 cm³/mol. The molecule has 26 heavy (non-hydrogen) atoms. The van der Waals surface area contributed by atoms with Crippen molar-refractivity contribution in [2.45, 2.75) is 26.4 Å². The molecule has 3 aromatic rings. The van der Waals surface area contributed by atoms with Gasteiger partial charge in [-0.15, -0.1) is 0 Å². The Morgan fingerprint density at radius 1 is 1.31 bits per heavy atom. The summed E-state index contributed by atoms with van der Waals surface area (Å²) in [5.41, 5.74) is 3.31. The molecule has 0 atom stereocenters. The number of nitrogens with one attached hydrogen (secondary N) is 1. The third kappa shape index (κ3) is 3.01. The molecule has 1 aliphatic heterocycles. The van der Waals surface area contributed by atoms with Crippen LogP contribution in [0, 0.1) is 0 Å². The van der Waals surface area contributed by atoms with E-state index in [9.17, 15) is 4.79 Å². The maximum Gasteiger partial charge on any atom is 0.410 e. The van der Waals surface area contributed by atoms with Gasteiger partial charge in [-0.2, -0.15) is 0 Å². The summed E-state index contributed by atoms with van der Waals surface area (Å²) in [6, 6.07) is 6.09. The van der Waals surface area contributed by atoms with Crippen molar-refractivity contribution >= 4 is 45.2 Å². The van der Waals surface area contributed by atoms with Gasteiger partial charge in [0.25, 0.3) is 0 Å². The van der Waals surface area contributed by atoms with Crippen LogP contribution in [0.2, 0.25) is 5.15 Å². The molecule has 1 aromatic carbocycles. The van der Waals surface area contributed by atoms with Gasteiger partial charge in [-0.3, -0.25) is 0 Å². The maximum absolute atomic E-state index is 12.2. The number of nitrogens with zero attached hydrogens (tertiary/aromatic N) is 3. The van der Waals surface area contributed by atoms with E-state index in [1.165, 1.54) is 6.33 Å². The van der Waals surface area contributed by atoms with Gasteiger partial charge in [0.05, 0.1) is 5.39 Å². The summed E-state index contributed by atoms with van der Waals surface area (Å²) in [6.07, 6.45) is 3.21. The molecule has 6 nitrogen and oxygen atoms in total. The van der Waals surface area contributed by atoms with Crippen LogP contribution in [0.3, 0.4) is 0 Å². The number of benzene rings is 1. The fourth-order valence-electron chi connectivity index (χ4n) is 3.12. The zero-order valence-electron chi connectivity index (χ0n) is 14.8. The zero-order valence-corrected chi connectivity index (χ0v) is 15.6. The molecule has 2 aromatic heterocycles. The molecule has 1 amide bonds. The van der Waals surface area contributed by atoms with E-state index in [1.807, 2.05) is 32.9 Å². The second kappa shape index (κ2) is 5.99. The largest absolute Gasteiger partial charge is 0.444 e. The molecule has 0 saturated carbocycles. The minimum atomic E-state index is -0.497. The molecule has 0 fully saturated rings. The molecule has 0 bridgehead atoms. The first-order valence-corrected chi connectivity index (χ1v) is 8.79. The molecule has 3 heterocycles. The molecule has 0 spiro atoms. The van der Waals surface area contributed by atoms with Crippen LogP contribution in [0.4, 0.5) is 4.79 Å². The van der Waals surface area contributed by atoms with Gasteiger partial charge >= 0.3 is 6.09 Å². The molecule has 0 radical (unpaired) electrons. The Bertz CT molecular complexity index is 1050. The fraction of sp³-hybridized carbons (Fsp3) is 0.316. The Morgan fingerprint density at radius 3 is 2.88 bits per heavy atom. The van der Waals surface area contributed by atoms with Crippen molar-refractivity contribution < 1.29 is 9.53 Å². The number of amides is 1. The number of hydrogen-bond donors (Lipinski definition) is 1. The van der Waals surface area contributed by atoms with Crippen LogP contribution in [-0.2, 0) is 4.74 Å². The lowest BCUT2D eigenvalue weighted by Gasteiger charge is -2.24. The summed E-state index contributed by atoms with van der Waals surface area (Å²) in [7, 11) is 0. The van der Waals surface area contributed by atoms with E-state index in [1.54, 1.807) is 4.90 Å².